The Morgan fingerprint density at radius 1 is 1.27 bits per heavy atom. The largest absolute Gasteiger partial charge is 0.466 e. The molecule has 2 saturated heterocycles. The second kappa shape index (κ2) is 9.23. The van der Waals surface area contributed by atoms with Crippen LogP contribution in [0.1, 0.15) is 73.5 Å². The van der Waals surface area contributed by atoms with Gasteiger partial charge in [-0.2, -0.15) is 0 Å². The summed E-state index contributed by atoms with van der Waals surface area (Å²) in [5.74, 6) is -0.239. The van der Waals surface area contributed by atoms with Crippen LogP contribution >= 0.6 is 11.6 Å². The molecule has 3 aliphatic rings. The van der Waals surface area contributed by atoms with E-state index in [-0.39, 0.29) is 18.0 Å². The van der Waals surface area contributed by atoms with Crippen molar-refractivity contribution in [1.29, 1.82) is 0 Å². The number of aryl methyl sites for hydroxylation is 2. The normalized spacial score (nSPS) is 23.1. The maximum absolute atomic E-state index is 13.2. The van der Waals surface area contributed by atoms with Gasteiger partial charge in [-0.3, -0.25) is 9.59 Å². The van der Waals surface area contributed by atoms with E-state index in [0.717, 1.165) is 56.4 Å². The molecule has 0 N–H and O–H groups in total. The summed E-state index contributed by atoms with van der Waals surface area (Å²) in [7, 11) is 0. The molecule has 4 rings (SSSR count). The Kier molecular flexibility index (Phi) is 6.63. The number of aromatic nitrogens is 1. The van der Waals surface area contributed by atoms with E-state index in [9.17, 15) is 9.59 Å². The van der Waals surface area contributed by atoms with E-state index >= 15 is 0 Å². The second-order valence-corrected chi connectivity index (χ2v) is 9.13. The first kappa shape index (κ1) is 21.6. The van der Waals surface area contributed by atoms with Crippen molar-refractivity contribution in [3.05, 3.63) is 28.0 Å². The van der Waals surface area contributed by atoms with E-state index in [2.05, 4.69) is 4.98 Å². The third-order valence-corrected chi connectivity index (χ3v) is 7.13. The summed E-state index contributed by atoms with van der Waals surface area (Å²) >= 11 is 6.35. The Labute approximate surface area is 183 Å². The van der Waals surface area contributed by atoms with Crippen LogP contribution in [0.15, 0.2) is 6.07 Å². The Morgan fingerprint density at radius 2 is 2.07 bits per heavy atom. The average Bonchev–Trinajstić information content (AvgIpc) is 3.21. The van der Waals surface area contributed by atoms with Crippen LogP contribution in [0.2, 0.25) is 5.15 Å². The number of halogens is 1. The lowest BCUT2D eigenvalue weighted by atomic mass is 9.73. The van der Waals surface area contributed by atoms with Crippen molar-refractivity contribution in [2.75, 3.05) is 26.3 Å². The van der Waals surface area contributed by atoms with Gasteiger partial charge in [-0.25, -0.2) is 4.98 Å². The van der Waals surface area contributed by atoms with Crippen LogP contribution < -0.4 is 0 Å². The van der Waals surface area contributed by atoms with Crippen molar-refractivity contribution in [1.82, 2.24) is 9.88 Å². The summed E-state index contributed by atoms with van der Waals surface area (Å²) in [5.41, 5.74) is 2.06. The molecule has 1 atom stereocenters. The molecule has 0 bridgehead atoms. The van der Waals surface area contributed by atoms with Crippen LogP contribution in [0.5, 0.6) is 0 Å². The highest BCUT2D eigenvalue weighted by Crippen LogP contribution is 2.40. The third-order valence-electron chi connectivity index (χ3n) is 6.84. The molecule has 2 fully saturated rings. The molecule has 0 radical (unpaired) electrons. The average molecular weight is 435 g/mol. The van der Waals surface area contributed by atoms with Crippen LogP contribution in [0.4, 0.5) is 0 Å². The number of carbonyl (C=O) groups is 2. The molecule has 6 nitrogen and oxygen atoms in total. The maximum atomic E-state index is 13.2. The molecule has 1 aromatic rings. The minimum atomic E-state index is -0.575. The fourth-order valence-electron chi connectivity index (χ4n) is 5.08. The predicted octanol–water partition coefficient (Wildman–Crippen LogP) is 3.97. The zero-order valence-electron chi connectivity index (χ0n) is 17.8. The summed E-state index contributed by atoms with van der Waals surface area (Å²) in [4.78, 5) is 32.4. The van der Waals surface area contributed by atoms with E-state index in [0.29, 0.717) is 49.7 Å². The number of nitrogens with zero attached hydrogens (tertiary/aromatic N) is 2. The zero-order chi connectivity index (χ0) is 21.1. The quantitative estimate of drug-likeness (QED) is 0.518. The Balaban J connectivity index is 1.47. The third kappa shape index (κ3) is 4.35. The molecule has 30 heavy (non-hydrogen) atoms. The molecular weight excluding hydrogens is 404 g/mol. The maximum Gasteiger partial charge on any atom is 0.312 e. The fraction of sp³-hybridized carbons (Fsp3) is 0.696. The van der Waals surface area contributed by atoms with Gasteiger partial charge in [-0.1, -0.05) is 11.6 Å². The molecule has 0 saturated carbocycles. The number of hydrogen-bond acceptors (Lipinski definition) is 5. The lowest BCUT2D eigenvalue weighted by molar-refractivity contribution is -0.162. The Hall–Kier alpha value is -1.66. The van der Waals surface area contributed by atoms with Gasteiger partial charge in [0.1, 0.15) is 5.15 Å². The van der Waals surface area contributed by atoms with Gasteiger partial charge in [0.25, 0.3) is 5.91 Å². The first-order valence-corrected chi connectivity index (χ1v) is 11.7. The van der Waals surface area contributed by atoms with Gasteiger partial charge in [0, 0.05) is 25.4 Å². The number of likely N-dealkylation sites (tertiary alicyclic amines) is 1. The van der Waals surface area contributed by atoms with E-state index in [1.165, 1.54) is 0 Å². The Bertz CT molecular complexity index is 799. The monoisotopic (exact) mass is 434 g/mol. The van der Waals surface area contributed by atoms with Crippen molar-refractivity contribution in [2.45, 2.75) is 70.8 Å². The fourth-order valence-corrected chi connectivity index (χ4v) is 5.32. The molecule has 1 aromatic heterocycles. The summed E-state index contributed by atoms with van der Waals surface area (Å²) < 4.78 is 11.4. The molecule has 0 spiro atoms. The first-order valence-electron chi connectivity index (χ1n) is 11.3. The van der Waals surface area contributed by atoms with E-state index < -0.39 is 5.41 Å². The minimum absolute atomic E-state index is 0.0893. The minimum Gasteiger partial charge on any atom is -0.466 e. The van der Waals surface area contributed by atoms with Crippen LogP contribution in [-0.4, -0.2) is 54.2 Å². The second-order valence-electron chi connectivity index (χ2n) is 8.77. The topological polar surface area (TPSA) is 68.7 Å². The zero-order valence-corrected chi connectivity index (χ0v) is 18.5. The predicted molar refractivity (Wildman–Crippen MR) is 114 cm³/mol. The molecule has 3 heterocycles. The van der Waals surface area contributed by atoms with Gasteiger partial charge >= 0.3 is 5.97 Å². The SMILES string of the molecule is CCOC(=O)C1(CC2CCCCO2)CCN(C(=O)c2cc3c(nc2Cl)CCC3)CC1. The van der Waals surface area contributed by atoms with Crippen molar-refractivity contribution in [3.63, 3.8) is 0 Å². The molecule has 164 valence electrons. The van der Waals surface area contributed by atoms with E-state index in [1.54, 1.807) is 0 Å². The number of amides is 1. The number of rotatable bonds is 5. The highest BCUT2D eigenvalue weighted by atomic mass is 35.5. The van der Waals surface area contributed by atoms with Crippen molar-refractivity contribution in [2.24, 2.45) is 5.41 Å². The van der Waals surface area contributed by atoms with Crippen LogP contribution in [-0.2, 0) is 27.1 Å². The summed E-state index contributed by atoms with van der Waals surface area (Å²) in [5, 5.41) is 0.290. The van der Waals surface area contributed by atoms with Crippen molar-refractivity contribution >= 4 is 23.5 Å². The van der Waals surface area contributed by atoms with Crippen LogP contribution in [0.3, 0.4) is 0 Å². The number of fused-ring (bicyclic) bond motifs is 1. The van der Waals surface area contributed by atoms with Gasteiger partial charge < -0.3 is 14.4 Å². The lowest BCUT2D eigenvalue weighted by Gasteiger charge is -2.42. The molecule has 1 unspecified atom stereocenters. The number of hydrogen-bond donors (Lipinski definition) is 0. The molecule has 0 aromatic carbocycles. The van der Waals surface area contributed by atoms with Crippen LogP contribution in [0, 0.1) is 5.41 Å². The van der Waals surface area contributed by atoms with Gasteiger partial charge in [0.2, 0.25) is 0 Å². The van der Waals surface area contributed by atoms with Crippen molar-refractivity contribution < 1.29 is 19.1 Å². The van der Waals surface area contributed by atoms with E-state index in [1.807, 2.05) is 17.9 Å². The molecular formula is C23H31ClN2O4. The van der Waals surface area contributed by atoms with Gasteiger partial charge in [0.15, 0.2) is 0 Å². The highest BCUT2D eigenvalue weighted by molar-refractivity contribution is 6.32. The molecule has 7 heteroatoms. The molecule has 1 aliphatic carbocycles. The first-order chi connectivity index (χ1) is 14.5. The summed E-state index contributed by atoms with van der Waals surface area (Å²) in [6.45, 7) is 3.99. The van der Waals surface area contributed by atoms with Crippen LogP contribution in [0.25, 0.3) is 0 Å². The number of ether oxygens (including phenoxy) is 2. The summed E-state index contributed by atoms with van der Waals surface area (Å²) in [6.07, 6.45) is 8.10. The lowest BCUT2D eigenvalue weighted by Crippen LogP contribution is -2.49. The van der Waals surface area contributed by atoms with Crippen molar-refractivity contribution in [3.8, 4) is 0 Å². The standard InChI is InChI=1S/C23H31ClN2O4/c1-2-29-22(28)23(15-17-7-3-4-13-30-17)9-11-26(12-10-23)21(27)18-14-16-6-5-8-19(16)25-20(18)24/h14,17H,2-13,15H2,1H3. The Morgan fingerprint density at radius 3 is 2.77 bits per heavy atom. The summed E-state index contributed by atoms with van der Waals surface area (Å²) in [6, 6.07) is 1.92. The van der Waals surface area contributed by atoms with Gasteiger partial charge in [-0.15, -0.1) is 0 Å². The number of carbonyl (C=O) groups excluding carboxylic acids is 2. The van der Waals surface area contributed by atoms with Gasteiger partial charge in [-0.05, 0) is 76.3 Å². The van der Waals surface area contributed by atoms with Gasteiger partial charge in [0.05, 0.1) is 23.7 Å². The molecule has 2 aliphatic heterocycles. The highest BCUT2D eigenvalue weighted by Gasteiger charge is 2.45. The number of esters is 1. The van der Waals surface area contributed by atoms with E-state index in [4.69, 9.17) is 21.1 Å². The number of pyridine rings is 1. The smallest absolute Gasteiger partial charge is 0.312 e. The number of piperidine rings is 1. The molecule has 1 amide bonds.